The highest BCUT2D eigenvalue weighted by Crippen LogP contribution is 2.29. The van der Waals surface area contributed by atoms with Gasteiger partial charge in [0.2, 0.25) is 0 Å². The van der Waals surface area contributed by atoms with Gasteiger partial charge in [0.05, 0.1) is 0 Å². The fourth-order valence-electron chi connectivity index (χ4n) is 2.32. The highest BCUT2D eigenvalue weighted by atomic mass is 16.3. The van der Waals surface area contributed by atoms with Crippen molar-refractivity contribution >= 4 is 22.4 Å². The van der Waals surface area contributed by atoms with Crippen LogP contribution in [0.1, 0.15) is 13.8 Å². The van der Waals surface area contributed by atoms with Crippen LogP contribution in [0.4, 0.5) is 5.69 Å². The maximum absolute atomic E-state index is 12.3. The molecule has 0 heterocycles. The van der Waals surface area contributed by atoms with Crippen LogP contribution in [-0.2, 0) is 4.79 Å². The molecule has 0 fully saturated rings. The summed E-state index contributed by atoms with van der Waals surface area (Å²) in [5.74, 6) is -0.312. The van der Waals surface area contributed by atoms with Gasteiger partial charge >= 0.3 is 0 Å². The predicted molar refractivity (Wildman–Crippen MR) is 90.9 cm³/mol. The molecule has 0 aliphatic carbocycles. The van der Waals surface area contributed by atoms with Crippen molar-refractivity contribution < 1.29 is 9.90 Å². The summed E-state index contributed by atoms with van der Waals surface area (Å²) in [4.78, 5) is 14.2. The lowest BCUT2D eigenvalue weighted by Gasteiger charge is -2.16. The monoisotopic (exact) mass is 309 g/mol. The number of aromatic hydroxyl groups is 1. The lowest BCUT2D eigenvalue weighted by Crippen LogP contribution is -2.20. The SMILES string of the molecule is CCN(/C=C(/C#N)C(=O)Nc1cccc2c(O)cccc12)CC. The van der Waals surface area contributed by atoms with Crippen molar-refractivity contribution in [3.8, 4) is 11.8 Å². The number of carbonyl (C=O) groups is 1. The quantitative estimate of drug-likeness (QED) is 0.656. The first kappa shape index (κ1) is 16.4. The Morgan fingerprint density at radius 3 is 2.52 bits per heavy atom. The number of benzene rings is 2. The Balaban J connectivity index is 2.34. The van der Waals surface area contributed by atoms with Crippen LogP contribution >= 0.6 is 0 Å². The second-order valence-electron chi connectivity index (χ2n) is 5.01. The van der Waals surface area contributed by atoms with Gasteiger partial charge in [-0.25, -0.2) is 0 Å². The van der Waals surface area contributed by atoms with Gasteiger partial charge in [-0.3, -0.25) is 4.79 Å². The number of hydrogen-bond acceptors (Lipinski definition) is 4. The van der Waals surface area contributed by atoms with E-state index in [0.717, 1.165) is 18.5 Å². The molecule has 5 heteroatoms. The number of nitriles is 1. The predicted octanol–water partition coefficient (Wildman–Crippen LogP) is 3.23. The summed E-state index contributed by atoms with van der Waals surface area (Å²) in [6.07, 6.45) is 1.57. The van der Waals surface area contributed by atoms with Crippen LogP contribution in [0, 0.1) is 11.3 Å². The molecular formula is C18H19N3O2. The van der Waals surface area contributed by atoms with Crippen molar-refractivity contribution in [3.05, 3.63) is 48.2 Å². The van der Waals surface area contributed by atoms with Crippen LogP contribution in [-0.4, -0.2) is 29.0 Å². The summed E-state index contributed by atoms with van der Waals surface area (Å²) in [5, 5.41) is 23.2. The molecule has 0 radical (unpaired) electrons. The summed E-state index contributed by atoms with van der Waals surface area (Å²) < 4.78 is 0. The number of nitrogens with one attached hydrogen (secondary N) is 1. The van der Waals surface area contributed by atoms with E-state index in [0.29, 0.717) is 11.1 Å². The molecule has 2 aromatic carbocycles. The zero-order chi connectivity index (χ0) is 16.8. The van der Waals surface area contributed by atoms with Gasteiger partial charge in [0, 0.05) is 35.7 Å². The first-order valence-corrected chi connectivity index (χ1v) is 7.48. The number of fused-ring (bicyclic) bond motifs is 1. The third kappa shape index (κ3) is 3.61. The van der Waals surface area contributed by atoms with E-state index in [-0.39, 0.29) is 11.3 Å². The first-order valence-electron chi connectivity index (χ1n) is 7.48. The fraction of sp³-hybridized carbons (Fsp3) is 0.222. The van der Waals surface area contributed by atoms with Gasteiger partial charge in [-0.05, 0) is 26.0 Å². The lowest BCUT2D eigenvalue weighted by atomic mass is 10.1. The second kappa shape index (κ2) is 7.32. The zero-order valence-corrected chi connectivity index (χ0v) is 13.2. The normalized spacial score (nSPS) is 11.1. The summed E-state index contributed by atoms with van der Waals surface area (Å²) in [5.41, 5.74) is 0.606. The van der Waals surface area contributed by atoms with Gasteiger partial charge in [0.15, 0.2) is 0 Å². The molecule has 0 aliphatic heterocycles. The van der Waals surface area contributed by atoms with Crippen LogP contribution in [0.15, 0.2) is 48.2 Å². The van der Waals surface area contributed by atoms with E-state index in [9.17, 15) is 15.2 Å². The van der Waals surface area contributed by atoms with Gasteiger partial charge in [-0.2, -0.15) is 5.26 Å². The maximum Gasteiger partial charge on any atom is 0.267 e. The van der Waals surface area contributed by atoms with Gasteiger partial charge in [-0.1, -0.05) is 24.3 Å². The van der Waals surface area contributed by atoms with E-state index < -0.39 is 5.91 Å². The summed E-state index contributed by atoms with van der Waals surface area (Å²) in [6, 6.07) is 12.3. The van der Waals surface area contributed by atoms with Gasteiger partial charge in [0.25, 0.3) is 5.91 Å². The molecule has 2 aromatic rings. The lowest BCUT2D eigenvalue weighted by molar-refractivity contribution is -0.112. The van der Waals surface area contributed by atoms with Crippen LogP contribution < -0.4 is 5.32 Å². The first-order chi connectivity index (χ1) is 11.1. The van der Waals surface area contributed by atoms with E-state index in [1.807, 2.05) is 30.9 Å². The fourth-order valence-corrected chi connectivity index (χ4v) is 2.32. The Bertz CT molecular complexity index is 786. The summed E-state index contributed by atoms with van der Waals surface area (Å²) in [6.45, 7) is 5.36. The number of phenolic OH excluding ortho intramolecular Hbond substituents is 1. The molecule has 0 saturated heterocycles. The average molecular weight is 309 g/mol. The Morgan fingerprint density at radius 2 is 1.87 bits per heavy atom. The number of nitrogens with zero attached hydrogens (tertiary/aromatic N) is 2. The Hall–Kier alpha value is -3.00. The Labute approximate surface area is 135 Å². The minimum Gasteiger partial charge on any atom is -0.507 e. The number of carbonyl (C=O) groups excluding carboxylic acids is 1. The largest absolute Gasteiger partial charge is 0.507 e. The third-order valence-corrected chi connectivity index (χ3v) is 3.64. The molecule has 0 bridgehead atoms. The van der Waals surface area contributed by atoms with E-state index in [1.165, 1.54) is 0 Å². The minimum absolute atomic E-state index is 0.0471. The number of anilines is 1. The van der Waals surface area contributed by atoms with Gasteiger partial charge < -0.3 is 15.3 Å². The average Bonchev–Trinajstić information content (AvgIpc) is 2.57. The topological polar surface area (TPSA) is 76.4 Å². The van der Waals surface area contributed by atoms with Crippen LogP contribution in [0.3, 0.4) is 0 Å². The molecule has 118 valence electrons. The highest BCUT2D eigenvalue weighted by molar-refractivity contribution is 6.11. The van der Waals surface area contributed by atoms with Crippen LogP contribution in [0.25, 0.3) is 10.8 Å². The van der Waals surface area contributed by atoms with Crippen LogP contribution in [0.5, 0.6) is 5.75 Å². The van der Waals surface area contributed by atoms with Crippen molar-refractivity contribution in [2.75, 3.05) is 18.4 Å². The number of hydrogen-bond donors (Lipinski definition) is 2. The van der Waals surface area contributed by atoms with Crippen molar-refractivity contribution in [2.45, 2.75) is 13.8 Å². The Morgan fingerprint density at radius 1 is 1.22 bits per heavy atom. The molecule has 0 unspecified atom stereocenters. The molecule has 0 atom stereocenters. The molecule has 0 aliphatic rings. The summed E-state index contributed by atoms with van der Waals surface area (Å²) >= 11 is 0. The third-order valence-electron chi connectivity index (χ3n) is 3.64. The molecule has 5 nitrogen and oxygen atoms in total. The van der Waals surface area contributed by atoms with Crippen molar-refractivity contribution in [3.63, 3.8) is 0 Å². The Kier molecular flexibility index (Phi) is 5.21. The molecule has 1 amide bonds. The van der Waals surface area contributed by atoms with E-state index in [4.69, 9.17) is 0 Å². The molecule has 0 saturated carbocycles. The number of amides is 1. The van der Waals surface area contributed by atoms with E-state index >= 15 is 0 Å². The highest BCUT2D eigenvalue weighted by Gasteiger charge is 2.13. The van der Waals surface area contributed by atoms with E-state index in [2.05, 4.69) is 5.32 Å². The van der Waals surface area contributed by atoms with Crippen molar-refractivity contribution in [2.24, 2.45) is 0 Å². The van der Waals surface area contributed by atoms with Crippen LogP contribution in [0.2, 0.25) is 0 Å². The molecule has 2 rings (SSSR count). The molecule has 0 aromatic heterocycles. The minimum atomic E-state index is -0.463. The molecule has 23 heavy (non-hydrogen) atoms. The van der Waals surface area contributed by atoms with Gasteiger partial charge in [0.1, 0.15) is 17.4 Å². The molecule has 0 spiro atoms. The maximum atomic E-state index is 12.3. The molecule has 2 N–H and O–H groups in total. The summed E-state index contributed by atoms with van der Waals surface area (Å²) in [7, 11) is 0. The number of phenols is 1. The number of rotatable bonds is 5. The standard InChI is InChI=1S/C18H19N3O2/c1-3-21(4-2)12-13(11-19)18(23)20-16-9-5-8-15-14(16)7-6-10-17(15)22/h5-10,12,22H,3-4H2,1-2H3,(H,20,23)/b13-12-. The van der Waals surface area contributed by atoms with Crippen molar-refractivity contribution in [1.82, 2.24) is 4.90 Å². The van der Waals surface area contributed by atoms with E-state index in [1.54, 1.807) is 36.5 Å². The van der Waals surface area contributed by atoms with Crippen molar-refractivity contribution in [1.29, 1.82) is 5.26 Å². The molecular weight excluding hydrogens is 290 g/mol. The second-order valence-corrected chi connectivity index (χ2v) is 5.01. The zero-order valence-electron chi connectivity index (χ0n) is 13.2. The van der Waals surface area contributed by atoms with Gasteiger partial charge in [-0.15, -0.1) is 0 Å². The smallest absolute Gasteiger partial charge is 0.267 e.